The second kappa shape index (κ2) is 5.06. The summed E-state index contributed by atoms with van der Waals surface area (Å²) in [4.78, 5) is 4.14. The van der Waals surface area contributed by atoms with Crippen molar-refractivity contribution in [2.75, 3.05) is 0 Å². The largest absolute Gasteiger partial charge is 0.388 e. The summed E-state index contributed by atoms with van der Waals surface area (Å²) in [5.74, 6) is -0.319. The Labute approximate surface area is 99.8 Å². The van der Waals surface area contributed by atoms with Gasteiger partial charge in [0, 0.05) is 18.3 Å². The fourth-order valence-corrected chi connectivity index (χ4v) is 1.79. The summed E-state index contributed by atoms with van der Waals surface area (Å²) in [6.45, 7) is 1.81. The Morgan fingerprint density at radius 1 is 1.29 bits per heavy atom. The van der Waals surface area contributed by atoms with Crippen LogP contribution in [0.1, 0.15) is 22.9 Å². The van der Waals surface area contributed by atoms with Crippen molar-refractivity contribution in [3.63, 3.8) is 0 Å². The van der Waals surface area contributed by atoms with E-state index in [0.717, 1.165) is 11.3 Å². The lowest BCUT2D eigenvalue weighted by molar-refractivity contribution is 0.176. The van der Waals surface area contributed by atoms with Crippen molar-refractivity contribution in [3.05, 3.63) is 65.2 Å². The average molecular weight is 231 g/mol. The number of aliphatic hydroxyl groups excluding tert-OH is 1. The molecular weight excluding hydrogens is 217 g/mol. The number of hydrogen-bond donors (Lipinski definition) is 1. The maximum Gasteiger partial charge on any atom is 0.123 e. The van der Waals surface area contributed by atoms with Crippen LogP contribution in [0.5, 0.6) is 0 Å². The van der Waals surface area contributed by atoms with Crippen LogP contribution >= 0.6 is 0 Å². The molecule has 0 aliphatic carbocycles. The van der Waals surface area contributed by atoms with Gasteiger partial charge in [-0.05, 0) is 42.3 Å². The van der Waals surface area contributed by atoms with Crippen molar-refractivity contribution in [1.82, 2.24) is 4.98 Å². The quantitative estimate of drug-likeness (QED) is 0.881. The van der Waals surface area contributed by atoms with Crippen molar-refractivity contribution in [1.29, 1.82) is 0 Å². The third kappa shape index (κ3) is 3.11. The highest BCUT2D eigenvalue weighted by atomic mass is 19.1. The molecule has 2 rings (SSSR count). The van der Waals surface area contributed by atoms with Crippen molar-refractivity contribution < 1.29 is 9.50 Å². The first-order chi connectivity index (χ1) is 8.15. The topological polar surface area (TPSA) is 33.1 Å². The number of aryl methyl sites for hydroxylation is 1. The molecule has 3 heteroatoms. The molecule has 2 nitrogen and oxygen atoms in total. The summed E-state index contributed by atoms with van der Waals surface area (Å²) < 4.78 is 13.2. The van der Waals surface area contributed by atoms with Gasteiger partial charge in [-0.25, -0.2) is 4.39 Å². The minimum atomic E-state index is -0.723. The molecule has 1 aromatic heterocycles. The molecule has 0 radical (unpaired) electrons. The van der Waals surface area contributed by atoms with Crippen molar-refractivity contribution in [2.45, 2.75) is 19.4 Å². The van der Waals surface area contributed by atoms with Gasteiger partial charge in [-0.1, -0.05) is 12.1 Å². The fourth-order valence-electron chi connectivity index (χ4n) is 1.79. The number of nitrogens with zero attached hydrogens (tertiary/aromatic N) is 1. The van der Waals surface area contributed by atoms with E-state index in [1.165, 1.54) is 12.1 Å². The van der Waals surface area contributed by atoms with Gasteiger partial charge in [-0.3, -0.25) is 4.98 Å². The Bertz CT molecular complexity index is 479. The van der Waals surface area contributed by atoms with Crippen LogP contribution in [-0.4, -0.2) is 10.1 Å². The molecule has 17 heavy (non-hydrogen) atoms. The fraction of sp³-hybridized carbons (Fsp3) is 0.214. The zero-order chi connectivity index (χ0) is 12.3. The number of rotatable bonds is 3. The van der Waals surface area contributed by atoms with Gasteiger partial charge in [0.05, 0.1) is 6.10 Å². The maximum atomic E-state index is 13.2. The van der Waals surface area contributed by atoms with E-state index in [4.69, 9.17) is 0 Å². The lowest BCUT2D eigenvalue weighted by Gasteiger charge is -2.11. The van der Waals surface area contributed by atoms with Crippen LogP contribution in [0.4, 0.5) is 4.39 Å². The molecule has 0 saturated heterocycles. The lowest BCUT2D eigenvalue weighted by atomic mass is 10.0. The molecule has 88 valence electrons. The number of halogens is 1. The molecule has 1 aromatic carbocycles. The zero-order valence-electron chi connectivity index (χ0n) is 9.60. The van der Waals surface area contributed by atoms with E-state index >= 15 is 0 Å². The molecular formula is C14H14FNO. The Morgan fingerprint density at radius 2 is 2.12 bits per heavy atom. The van der Waals surface area contributed by atoms with Crippen LogP contribution in [0.3, 0.4) is 0 Å². The summed E-state index contributed by atoms with van der Waals surface area (Å²) in [5, 5.41) is 10.0. The first kappa shape index (κ1) is 11.7. The van der Waals surface area contributed by atoms with E-state index in [1.54, 1.807) is 19.2 Å². The second-order valence-corrected chi connectivity index (χ2v) is 4.10. The van der Waals surface area contributed by atoms with Crippen LogP contribution in [-0.2, 0) is 6.42 Å². The monoisotopic (exact) mass is 231 g/mol. The van der Waals surface area contributed by atoms with Gasteiger partial charge in [0.25, 0.3) is 0 Å². The first-order valence-corrected chi connectivity index (χ1v) is 5.50. The molecule has 0 aliphatic rings. The summed E-state index contributed by atoms with van der Waals surface area (Å²) in [6.07, 6.45) is 1.35. The third-order valence-electron chi connectivity index (χ3n) is 2.58. The number of aliphatic hydroxyl groups is 1. The SMILES string of the molecule is Cc1cc(F)cc(C(O)Cc2ccccn2)c1. The van der Waals surface area contributed by atoms with E-state index < -0.39 is 6.10 Å². The number of benzene rings is 1. The van der Waals surface area contributed by atoms with Gasteiger partial charge in [0.1, 0.15) is 5.82 Å². The summed E-state index contributed by atoms with van der Waals surface area (Å²) in [6, 6.07) is 10.1. The molecule has 0 bridgehead atoms. The smallest absolute Gasteiger partial charge is 0.123 e. The number of aromatic nitrogens is 1. The average Bonchev–Trinajstić information content (AvgIpc) is 2.29. The molecule has 0 saturated carbocycles. The van der Waals surface area contributed by atoms with Crippen LogP contribution in [0, 0.1) is 12.7 Å². The summed E-state index contributed by atoms with van der Waals surface area (Å²) >= 11 is 0. The molecule has 0 aliphatic heterocycles. The molecule has 1 unspecified atom stereocenters. The van der Waals surface area contributed by atoms with Gasteiger partial charge in [-0.15, -0.1) is 0 Å². The van der Waals surface area contributed by atoms with Crippen LogP contribution < -0.4 is 0 Å². The number of pyridine rings is 1. The molecule has 0 amide bonds. The first-order valence-electron chi connectivity index (χ1n) is 5.50. The Kier molecular flexibility index (Phi) is 3.49. The third-order valence-corrected chi connectivity index (χ3v) is 2.58. The zero-order valence-corrected chi connectivity index (χ0v) is 9.60. The van der Waals surface area contributed by atoms with Crippen molar-refractivity contribution >= 4 is 0 Å². The molecule has 2 aromatic rings. The van der Waals surface area contributed by atoms with Crippen LogP contribution in [0.2, 0.25) is 0 Å². The lowest BCUT2D eigenvalue weighted by Crippen LogP contribution is -2.04. The second-order valence-electron chi connectivity index (χ2n) is 4.10. The Hall–Kier alpha value is -1.74. The van der Waals surface area contributed by atoms with E-state index in [9.17, 15) is 9.50 Å². The minimum Gasteiger partial charge on any atom is -0.388 e. The molecule has 0 spiro atoms. The Morgan fingerprint density at radius 3 is 2.76 bits per heavy atom. The van der Waals surface area contributed by atoms with Gasteiger partial charge >= 0.3 is 0 Å². The van der Waals surface area contributed by atoms with Gasteiger partial charge < -0.3 is 5.11 Å². The van der Waals surface area contributed by atoms with Crippen molar-refractivity contribution in [2.24, 2.45) is 0 Å². The predicted octanol–water partition coefficient (Wildman–Crippen LogP) is 2.81. The molecule has 0 fully saturated rings. The van der Waals surface area contributed by atoms with Crippen LogP contribution in [0.15, 0.2) is 42.6 Å². The molecule has 1 heterocycles. The standard InChI is InChI=1S/C14H14FNO/c1-10-6-11(8-12(15)7-10)14(17)9-13-4-2-3-5-16-13/h2-8,14,17H,9H2,1H3. The molecule has 1 N–H and O–H groups in total. The van der Waals surface area contributed by atoms with Gasteiger partial charge in [0.15, 0.2) is 0 Å². The highest BCUT2D eigenvalue weighted by molar-refractivity contribution is 5.26. The summed E-state index contributed by atoms with van der Waals surface area (Å²) in [5.41, 5.74) is 2.19. The summed E-state index contributed by atoms with van der Waals surface area (Å²) in [7, 11) is 0. The van der Waals surface area contributed by atoms with Crippen LogP contribution in [0.25, 0.3) is 0 Å². The number of hydrogen-bond acceptors (Lipinski definition) is 2. The normalized spacial score (nSPS) is 12.4. The van der Waals surface area contributed by atoms with Gasteiger partial charge in [-0.2, -0.15) is 0 Å². The maximum absolute atomic E-state index is 13.2. The van der Waals surface area contributed by atoms with Gasteiger partial charge in [0.2, 0.25) is 0 Å². The highest BCUT2D eigenvalue weighted by Gasteiger charge is 2.10. The Balaban J connectivity index is 2.17. The minimum absolute atomic E-state index is 0.319. The van der Waals surface area contributed by atoms with E-state index in [0.29, 0.717) is 12.0 Å². The predicted molar refractivity (Wildman–Crippen MR) is 64.0 cm³/mol. The van der Waals surface area contributed by atoms with Crippen molar-refractivity contribution in [3.8, 4) is 0 Å². The highest BCUT2D eigenvalue weighted by Crippen LogP contribution is 2.19. The van der Waals surface area contributed by atoms with E-state index in [1.807, 2.05) is 18.2 Å². The van der Waals surface area contributed by atoms with E-state index in [2.05, 4.69) is 4.98 Å². The van der Waals surface area contributed by atoms with E-state index in [-0.39, 0.29) is 5.82 Å². The molecule has 1 atom stereocenters.